The number of esters is 1. The van der Waals surface area contributed by atoms with Crippen molar-refractivity contribution in [3.05, 3.63) is 90.1 Å². The van der Waals surface area contributed by atoms with Gasteiger partial charge in [-0.15, -0.1) is 0 Å². The van der Waals surface area contributed by atoms with Gasteiger partial charge in [0.25, 0.3) is 5.91 Å². The number of ether oxygens (including phenoxy) is 2. The fourth-order valence-electron chi connectivity index (χ4n) is 3.56. The second-order valence-corrected chi connectivity index (χ2v) is 8.05. The summed E-state index contributed by atoms with van der Waals surface area (Å²) in [5.41, 5.74) is 2.84. The van der Waals surface area contributed by atoms with E-state index in [4.69, 9.17) is 13.9 Å². The first-order valence-electron chi connectivity index (χ1n) is 12.0. The molecule has 0 spiro atoms. The third-order valence-electron chi connectivity index (χ3n) is 5.47. The van der Waals surface area contributed by atoms with Crippen molar-refractivity contribution in [3.8, 4) is 28.5 Å². The van der Waals surface area contributed by atoms with Crippen molar-refractivity contribution in [3.63, 3.8) is 0 Å². The Kier molecular flexibility index (Phi) is 8.13. The molecule has 4 aromatic rings. The van der Waals surface area contributed by atoms with Crippen LogP contribution in [0.25, 0.3) is 22.8 Å². The van der Waals surface area contributed by atoms with Crippen molar-refractivity contribution < 1.29 is 23.5 Å². The molecule has 0 aliphatic carbocycles. The van der Waals surface area contributed by atoms with Gasteiger partial charge in [0, 0.05) is 16.8 Å². The predicted molar refractivity (Wildman–Crippen MR) is 138 cm³/mol. The molecule has 1 amide bonds. The van der Waals surface area contributed by atoms with Crippen molar-refractivity contribution in [1.82, 2.24) is 4.98 Å². The quantitative estimate of drug-likeness (QED) is 0.201. The van der Waals surface area contributed by atoms with E-state index in [0.717, 1.165) is 24.2 Å². The number of hydrogen-bond donors (Lipinski definition) is 1. The van der Waals surface area contributed by atoms with Gasteiger partial charge in [0.05, 0.1) is 30.5 Å². The number of nitrogens with one attached hydrogen (secondary N) is 1. The molecule has 1 N–H and O–H groups in total. The SMILES string of the molecule is CCCCOC(=O)c1ccc(NC(=O)c2ccccc2-c2ncc(-c3ccc(OCC)cc3)o2)cc1. The average Bonchev–Trinajstić information content (AvgIpc) is 3.40. The Morgan fingerprint density at radius 2 is 1.69 bits per heavy atom. The van der Waals surface area contributed by atoms with Gasteiger partial charge in [-0.25, -0.2) is 9.78 Å². The summed E-state index contributed by atoms with van der Waals surface area (Å²) in [7, 11) is 0. The first-order valence-corrected chi connectivity index (χ1v) is 12.0. The van der Waals surface area contributed by atoms with E-state index >= 15 is 0 Å². The lowest BCUT2D eigenvalue weighted by atomic mass is 10.1. The highest BCUT2D eigenvalue weighted by molar-refractivity contribution is 6.08. The highest BCUT2D eigenvalue weighted by Crippen LogP contribution is 2.29. The van der Waals surface area contributed by atoms with Gasteiger partial charge >= 0.3 is 5.97 Å². The van der Waals surface area contributed by atoms with Crippen LogP contribution in [0.3, 0.4) is 0 Å². The molecule has 1 heterocycles. The Labute approximate surface area is 210 Å². The minimum absolute atomic E-state index is 0.315. The molecule has 0 unspecified atom stereocenters. The summed E-state index contributed by atoms with van der Waals surface area (Å²) in [6.07, 6.45) is 3.42. The van der Waals surface area contributed by atoms with E-state index < -0.39 is 0 Å². The van der Waals surface area contributed by atoms with E-state index in [-0.39, 0.29) is 11.9 Å². The Bertz CT molecular complexity index is 1310. The van der Waals surface area contributed by atoms with Crippen molar-refractivity contribution in [2.45, 2.75) is 26.7 Å². The maximum Gasteiger partial charge on any atom is 0.338 e. The van der Waals surface area contributed by atoms with Crippen LogP contribution in [-0.4, -0.2) is 30.1 Å². The van der Waals surface area contributed by atoms with Crippen LogP contribution in [0.2, 0.25) is 0 Å². The van der Waals surface area contributed by atoms with Crippen molar-refractivity contribution in [2.24, 2.45) is 0 Å². The summed E-state index contributed by atoms with van der Waals surface area (Å²) in [6.45, 7) is 4.96. The Morgan fingerprint density at radius 1 is 0.944 bits per heavy atom. The van der Waals surface area contributed by atoms with Crippen LogP contribution < -0.4 is 10.1 Å². The number of nitrogens with zero attached hydrogens (tertiary/aromatic N) is 1. The highest BCUT2D eigenvalue weighted by atomic mass is 16.5. The molecule has 36 heavy (non-hydrogen) atoms. The summed E-state index contributed by atoms with van der Waals surface area (Å²) in [4.78, 5) is 29.6. The smallest absolute Gasteiger partial charge is 0.338 e. The molecule has 0 aliphatic heterocycles. The maximum atomic E-state index is 13.1. The van der Waals surface area contributed by atoms with Crippen LogP contribution in [0.1, 0.15) is 47.4 Å². The van der Waals surface area contributed by atoms with E-state index in [2.05, 4.69) is 10.3 Å². The number of oxazole rings is 1. The molecule has 0 radical (unpaired) electrons. The van der Waals surface area contributed by atoms with E-state index in [9.17, 15) is 9.59 Å². The molecule has 0 bridgehead atoms. The van der Waals surface area contributed by atoms with E-state index in [1.807, 2.05) is 44.2 Å². The monoisotopic (exact) mass is 484 g/mol. The fraction of sp³-hybridized carbons (Fsp3) is 0.207. The van der Waals surface area contributed by atoms with Crippen LogP contribution in [0.15, 0.2) is 83.4 Å². The molecule has 3 aromatic carbocycles. The average molecular weight is 485 g/mol. The number of benzene rings is 3. The number of aromatic nitrogens is 1. The Balaban J connectivity index is 1.48. The van der Waals surface area contributed by atoms with Crippen LogP contribution in [-0.2, 0) is 4.74 Å². The van der Waals surface area contributed by atoms with Gasteiger partial charge in [0.2, 0.25) is 5.89 Å². The van der Waals surface area contributed by atoms with E-state index in [1.165, 1.54) is 0 Å². The maximum absolute atomic E-state index is 13.1. The summed E-state index contributed by atoms with van der Waals surface area (Å²) >= 11 is 0. The molecule has 0 saturated carbocycles. The number of unbranched alkanes of at least 4 members (excludes halogenated alkanes) is 1. The molecular formula is C29H28N2O5. The normalized spacial score (nSPS) is 10.6. The fourth-order valence-corrected chi connectivity index (χ4v) is 3.56. The topological polar surface area (TPSA) is 90.7 Å². The van der Waals surface area contributed by atoms with Gasteiger partial charge in [-0.3, -0.25) is 4.79 Å². The molecule has 0 fully saturated rings. The van der Waals surface area contributed by atoms with Gasteiger partial charge in [0.15, 0.2) is 5.76 Å². The molecule has 7 nitrogen and oxygen atoms in total. The van der Waals surface area contributed by atoms with Gasteiger partial charge in [-0.2, -0.15) is 0 Å². The third-order valence-corrected chi connectivity index (χ3v) is 5.47. The molecule has 184 valence electrons. The van der Waals surface area contributed by atoms with Gasteiger partial charge in [0.1, 0.15) is 5.75 Å². The zero-order valence-electron chi connectivity index (χ0n) is 20.3. The predicted octanol–water partition coefficient (Wildman–Crippen LogP) is 6.62. The number of carbonyl (C=O) groups is 2. The lowest BCUT2D eigenvalue weighted by molar-refractivity contribution is 0.0499. The third kappa shape index (κ3) is 5.99. The molecule has 0 saturated heterocycles. The standard InChI is InChI=1S/C29H28N2O5/c1-3-5-18-35-29(33)21-10-14-22(15-11-21)31-27(32)24-8-6-7-9-25(24)28-30-19-26(36-28)20-12-16-23(17-13-20)34-4-2/h6-17,19H,3-5,18H2,1-2H3,(H,31,32). The molecule has 0 atom stereocenters. The van der Waals surface area contributed by atoms with Gasteiger partial charge in [-0.1, -0.05) is 25.5 Å². The molecule has 1 aromatic heterocycles. The minimum atomic E-state index is -0.376. The zero-order valence-corrected chi connectivity index (χ0v) is 20.3. The molecule has 0 aliphatic rings. The summed E-state index contributed by atoms with van der Waals surface area (Å²) in [5, 5.41) is 2.87. The van der Waals surface area contributed by atoms with Crippen molar-refractivity contribution >= 4 is 17.6 Å². The van der Waals surface area contributed by atoms with Crippen LogP contribution >= 0.6 is 0 Å². The lowest BCUT2D eigenvalue weighted by Crippen LogP contribution is -2.13. The number of hydrogen-bond acceptors (Lipinski definition) is 6. The van der Waals surface area contributed by atoms with Crippen molar-refractivity contribution in [2.75, 3.05) is 18.5 Å². The first-order chi connectivity index (χ1) is 17.6. The minimum Gasteiger partial charge on any atom is -0.494 e. The van der Waals surface area contributed by atoms with Crippen molar-refractivity contribution in [1.29, 1.82) is 0 Å². The van der Waals surface area contributed by atoms with E-state index in [0.29, 0.717) is 47.2 Å². The number of anilines is 1. The molecule has 7 heteroatoms. The summed E-state index contributed by atoms with van der Waals surface area (Å²) < 4.78 is 16.7. The first kappa shape index (κ1) is 24.7. The number of carbonyl (C=O) groups excluding carboxylic acids is 2. The summed E-state index contributed by atoms with van der Waals surface area (Å²) in [5.74, 6) is 1.02. The van der Waals surface area contributed by atoms with Crippen LogP contribution in [0.4, 0.5) is 5.69 Å². The molecule has 4 rings (SSSR count). The molecular weight excluding hydrogens is 456 g/mol. The van der Waals surface area contributed by atoms with Crippen LogP contribution in [0.5, 0.6) is 5.75 Å². The van der Waals surface area contributed by atoms with Gasteiger partial charge in [-0.05, 0) is 74.0 Å². The van der Waals surface area contributed by atoms with Crippen LogP contribution in [0, 0.1) is 0 Å². The lowest BCUT2D eigenvalue weighted by Gasteiger charge is -2.09. The second kappa shape index (κ2) is 11.8. The Morgan fingerprint density at radius 3 is 2.42 bits per heavy atom. The number of amides is 1. The number of rotatable bonds is 10. The largest absolute Gasteiger partial charge is 0.494 e. The highest BCUT2D eigenvalue weighted by Gasteiger charge is 2.17. The Hall–Kier alpha value is -4.39. The summed E-state index contributed by atoms with van der Waals surface area (Å²) in [6, 6.07) is 21.3. The van der Waals surface area contributed by atoms with E-state index in [1.54, 1.807) is 48.7 Å². The second-order valence-electron chi connectivity index (χ2n) is 8.05. The zero-order chi connectivity index (χ0) is 25.3. The van der Waals surface area contributed by atoms with Gasteiger partial charge < -0.3 is 19.2 Å².